The molecule has 0 aromatic carbocycles. The molecule has 0 aliphatic carbocycles. The molecule has 2 N–H and O–H groups in total. The van der Waals surface area contributed by atoms with Crippen molar-refractivity contribution in [1.29, 1.82) is 0 Å². The van der Waals surface area contributed by atoms with Crippen molar-refractivity contribution in [1.82, 2.24) is 0 Å². The third-order valence-electron chi connectivity index (χ3n) is 0.183. The third-order valence-corrected chi connectivity index (χ3v) is 0.183. The standard InChI is InChI=1S/C2H2O4.K.Nb.H/c3-1(4)2(5)6;;;/h(H,3,4)(H,5,6);;;. The van der Waals surface area contributed by atoms with Gasteiger partial charge in [-0.15, -0.1) is 0 Å². The average Bonchev–Trinajstić information content (AvgIpc) is 1.36. The Hall–Kier alpha value is 1.32. The molecule has 8 heavy (non-hydrogen) atoms. The van der Waals surface area contributed by atoms with Crippen LogP contribution in [0.4, 0.5) is 0 Å². The normalized spacial score (nSPS) is 5.50. The first-order valence-electron chi connectivity index (χ1n) is 1.11. The number of aliphatic carboxylic acids is 2. The summed E-state index contributed by atoms with van der Waals surface area (Å²) < 4.78 is 0. The van der Waals surface area contributed by atoms with Gasteiger partial charge in [0.2, 0.25) is 0 Å². The maximum atomic E-state index is 9.10. The fraction of sp³-hybridized carbons (Fsp3) is 0. The van der Waals surface area contributed by atoms with Gasteiger partial charge in [-0.05, 0) is 0 Å². The molecule has 0 saturated heterocycles. The molecule has 0 unspecified atom stereocenters. The fourth-order valence-electron chi connectivity index (χ4n) is 0. The van der Waals surface area contributed by atoms with Gasteiger partial charge >= 0.3 is 63.3 Å². The van der Waals surface area contributed by atoms with Crippen molar-refractivity contribution in [2.24, 2.45) is 0 Å². The molecule has 0 fully saturated rings. The van der Waals surface area contributed by atoms with Gasteiger partial charge in [-0.3, -0.25) is 0 Å². The summed E-state index contributed by atoms with van der Waals surface area (Å²) in [6.45, 7) is 0. The Labute approximate surface area is 104 Å². The van der Waals surface area contributed by atoms with Gasteiger partial charge in [0.15, 0.2) is 0 Å². The van der Waals surface area contributed by atoms with E-state index in [1.54, 1.807) is 0 Å². The molecule has 0 aromatic rings. The molecule has 0 saturated carbocycles. The summed E-state index contributed by atoms with van der Waals surface area (Å²) in [7, 11) is 0. The Morgan fingerprint density at radius 1 is 1.00 bits per heavy atom. The zero-order valence-corrected chi connectivity index (χ0v) is 5.36. The number of rotatable bonds is 0. The predicted molar refractivity (Wildman–Crippen MR) is 22.4 cm³/mol. The Morgan fingerprint density at radius 3 is 1.12 bits per heavy atom. The van der Waals surface area contributed by atoms with E-state index >= 15 is 0 Å². The van der Waals surface area contributed by atoms with E-state index in [2.05, 4.69) is 0 Å². The summed E-state index contributed by atoms with van der Waals surface area (Å²) in [4.78, 5) is 18.2. The number of hydrogen-bond acceptors (Lipinski definition) is 2. The summed E-state index contributed by atoms with van der Waals surface area (Å²) in [6, 6.07) is 0. The van der Waals surface area contributed by atoms with Crippen LogP contribution in [0, 0.1) is 0 Å². The van der Waals surface area contributed by atoms with E-state index in [0.717, 1.165) is 0 Å². The maximum Gasteiger partial charge on any atom is 0 e. The first-order valence-corrected chi connectivity index (χ1v) is 1.11. The van der Waals surface area contributed by atoms with E-state index in [1.807, 2.05) is 0 Å². The van der Waals surface area contributed by atoms with Crippen molar-refractivity contribution in [3.8, 4) is 0 Å². The van der Waals surface area contributed by atoms with Gasteiger partial charge in [0.05, 0.1) is 0 Å². The predicted octanol–water partition coefficient (Wildman–Crippen LogP) is -1.50. The average molecular weight is 223 g/mol. The summed E-state index contributed by atoms with van der Waals surface area (Å²) in [5.74, 6) is -3.65. The molecule has 4 nitrogen and oxygen atoms in total. The van der Waals surface area contributed by atoms with Gasteiger partial charge in [-0.2, -0.15) is 0 Å². The summed E-state index contributed by atoms with van der Waals surface area (Å²) >= 11 is 0. The van der Waals surface area contributed by atoms with Crippen LogP contribution in [0.3, 0.4) is 0 Å². The van der Waals surface area contributed by atoms with Crippen LogP contribution in [0.2, 0.25) is 0 Å². The molecule has 0 aromatic heterocycles. The number of hydrogen-bond donors (Lipinski definition) is 2. The molecule has 0 rings (SSSR count). The van der Waals surface area contributed by atoms with Gasteiger partial charge in [-0.1, -0.05) is 0 Å². The Kier molecular flexibility index (Phi) is 16.8. The van der Waals surface area contributed by atoms with E-state index < -0.39 is 11.9 Å². The smallest absolute Gasteiger partial charge is 0 e. The molecule has 0 spiro atoms. The van der Waals surface area contributed by atoms with Crippen molar-refractivity contribution < 1.29 is 42.2 Å². The van der Waals surface area contributed by atoms with Crippen LogP contribution in [-0.4, -0.2) is 73.5 Å². The number of carboxylic acid groups (broad SMARTS) is 2. The van der Waals surface area contributed by atoms with Gasteiger partial charge in [0, 0.05) is 22.4 Å². The van der Waals surface area contributed by atoms with Gasteiger partial charge in [-0.25, -0.2) is 9.59 Å². The minimum atomic E-state index is -1.82. The van der Waals surface area contributed by atoms with E-state index in [9.17, 15) is 0 Å². The molecule has 6 heteroatoms. The first kappa shape index (κ1) is 16.2. The van der Waals surface area contributed by atoms with Gasteiger partial charge in [0.25, 0.3) is 0 Å². The van der Waals surface area contributed by atoms with Crippen LogP contribution in [0.15, 0.2) is 0 Å². The van der Waals surface area contributed by atoms with Crippen molar-refractivity contribution in [2.45, 2.75) is 0 Å². The maximum absolute atomic E-state index is 9.10. The Balaban J connectivity index is -0.000000125. The third kappa shape index (κ3) is 10.3. The topological polar surface area (TPSA) is 74.6 Å². The van der Waals surface area contributed by atoms with Crippen LogP contribution < -0.4 is 0 Å². The molecule has 1 radical (unpaired) electrons. The van der Waals surface area contributed by atoms with E-state index in [-0.39, 0.29) is 73.8 Å². The van der Waals surface area contributed by atoms with E-state index in [0.29, 0.717) is 0 Å². The minimum absolute atomic E-state index is 0. The first-order chi connectivity index (χ1) is 2.64. The Bertz CT molecular complexity index is 80.0. The van der Waals surface area contributed by atoms with Crippen LogP contribution in [0.25, 0.3) is 0 Å². The molecular formula is C2H3KNbO4. The quantitative estimate of drug-likeness (QED) is 0.387. The minimum Gasteiger partial charge on any atom is 0 e. The molecule has 41 valence electrons. The zero-order valence-electron chi connectivity index (χ0n) is 3.16. The van der Waals surface area contributed by atoms with Gasteiger partial charge in [0.1, 0.15) is 0 Å². The molecule has 0 heterocycles. The van der Waals surface area contributed by atoms with E-state index in [1.165, 1.54) is 0 Å². The van der Waals surface area contributed by atoms with Crippen LogP contribution in [0.5, 0.6) is 0 Å². The second kappa shape index (κ2) is 8.32. The van der Waals surface area contributed by atoms with Crippen LogP contribution >= 0.6 is 0 Å². The van der Waals surface area contributed by atoms with Crippen molar-refractivity contribution in [3.63, 3.8) is 0 Å². The number of carbonyl (C=O) groups is 2. The Morgan fingerprint density at radius 2 is 1.12 bits per heavy atom. The molecule has 0 bridgehead atoms. The molecule has 0 aliphatic heterocycles. The van der Waals surface area contributed by atoms with Crippen molar-refractivity contribution in [3.05, 3.63) is 0 Å². The number of carboxylic acids is 2. The van der Waals surface area contributed by atoms with Crippen LogP contribution in [0.1, 0.15) is 0 Å². The van der Waals surface area contributed by atoms with Gasteiger partial charge < -0.3 is 10.2 Å². The largest absolute Gasteiger partial charge is 0 e. The van der Waals surface area contributed by atoms with Crippen LogP contribution in [-0.2, 0) is 32.0 Å². The zero-order chi connectivity index (χ0) is 5.15. The van der Waals surface area contributed by atoms with E-state index in [4.69, 9.17) is 19.8 Å². The van der Waals surface area contributed by atoms with Crippen molar-refractivity contribution >= 4 is 63.3 Å². The SMILES string of the molecule is O=C(O)C(=O)O.[KH].[Nb]. The fourth-order valence-corrected chi connectivity index (χ4v) is 0. The molecular weight excluding hydrogens is 220 g/mol. The second-order valence-corrected chi connectivity index (χ2v) is 0.610. The summed E-state index contributed by atoms with van der Waals surface area (Å²) in [5, 5.41) is 14.8. The second-order valence-electron chi connectivity index (χ2n) is 0.610. The summed E-state index contributed by atoms with van der Waals surface area (Å²) in [6.07, 6.45) is 0. The monoisotopic (exact) mass is 223 g/mol. The van der Waals surface area contributed by atoms with Crippen molar-refractivity contribution in [2.75, 3.05) is 0 Å². The molecule has 0 atom stereocenters. The molecule has 0 aliphatic rings. The summed E-state index contributed by atoms with van der Waals surface area (Å²) in [5.41, 5.74) is 0. The molecule has 0 amide bonds.